The number of nitrogens with zero attached hydrogens (tertiary/aromatic N) is 1. The molecular formula is C22H16ClN3O4. The highest BCUT2D eigenvalue weighted by molar-refractivity contribution is 6.34. The third-order valence-electron chi connectivity index (χ3n) is 4.03. The van der Waals surface area contributed by atoms with Crippen LogP contribution in [-0.4, -0.2) is 16.7 Å². The second kappa shape index (κ2) is 9.49. The van der Waals surface area contributed by atoms with Crippen LogP contribution in [0.15, 0.2) is 84.6 Å². The van der Waals surface area contributed by atoms with E-state index in [0.29, 0.717) is 11.3 Å². The van der Waals surface area contributed by atoms with E-state index in [1.54, 1.807) is 54.6 Å². The number of benzene rings is 3. The van der Waals surface area contributed by atoms with Gasteiger partial charge in [-0.25, -0.2) is 0 Å². The van der Waals surface area contributed by atoms with Crippen LogP contribution in [0, 0.1) is 10.1 Å². The minimum Gasteiger partial charge on any atom is -0.321 e. The molecule has 0 saturated heterocycles. The lowest BCUT2D eigenvalue weighted by atomic mass is 10.1. The maximum atomic E-state index is 12.8. The summed E-state index contributed by atoms with van der Waals surface area (Å²) in [6, 6.07) is 20.8. The highest BCUT2D eigenvalue weighted by Crippen LogP contribution is 2.18. The summed E-state index contributed by atoms with van der Waals surface area (Å²) in [4.78, 5) is 36.0. The Morgan fingerprint density at radius 2 is 1.63 bits per heavy atom. The van der Waals surface area contributed by atoms with E-state index in [9.17, 15) is 19.7 Å². The molecule has 2 amide bonds. The van der Waals surface area contributed by atoms with Crippen LogP contribution >= 0.6 is 11.6 Å². The van der Waals surface area contributed by atoms with Crippen molar-refractivity contribution in [3.05, 3.63) is 111 Å². The molecule has 3 aromatic rings. The van der Waals surface area contributed by atoms with Crippen LogP contribution in [-0.2, 0) is 4.79 Å². The molecule has 0 aliphatic rings. The van der Waals surface area contributed by atoms with Gasteiger partial charge in [0.15, 0.2) is 0 Å². The Morgan fingerprint density at radius 3 is 2.33 bits per heavy atom. The normalized spacial score (nSPS) is 10.9. The fourth-order valence-corrected chi connectivity index (χ4v) is 2.83. The quantitative estimate of drug-likeness (QED) is 0.343. The molecule has 0 fully saturated rings. The minimum atomic E-state index is -0.590. The summed E-state index contributed by atoms with van der Waals surface area (Å²) in [5.41, 5.74) is 0.867. The van der Waals surface area contributed by atoms with Crippen molar-refractivity contribution in [1.82, 2.24) is 5.32 Å². The molecule has 0 bridgehead atoms. The number of non-ortho nitro benzene ring substituents is 1. The molecule has 30 heavy (non-hydrogen) atoms. The largest absolute Gasteiger partial charge is 0.321 e. The molecule has 2 N–H and O–H groups in total. The second-order valence-corrected chi connectivity index (χ2v) is 6.57. The molecule has 0 aromatic heterocycles. The number of para-hydroxylation sites is 1. The number of carbonyl (C=O) groups excluding carboxylic acids is 2. The first-order valence-corrected chi connectivity index (χ1v) is 9.20. The second-order valence-electron chi connectivity index (χ2n) is 6.16. The van der Waals surface area contributed by atoms with Gasteiger partial charge in [-0.05, 0) is 35.9 Å². The summed E-state index contributed by atoms with van der Waals surface area (Å²) in [5.74, 6) is -1.17. The molecule has 7 nitrogen and oxygen atoms in total. The van der Waals surface area contributed by atoms with Gasteiger partial charge in [0, 0.05) is 17.8 Å². The lowest BCUT2D eigenvalue weighted by molar-refractivity contribution is -0.384. The number of anilines is 1. The molecule has 8 heteroatoms. The van der Waals surface area contributed by atoms with Crippen molar-refractivity contribution >= 4 is 40.9 Å². The van der Waals surface area contributed by atoms with Crippen molar-refractivity contribution in [2.75, 3.05) is 5.32 Å². The van der Waals surface area contributed by atoms with E-state index in [1.165, 1.54) is 30.3 Å². The number of nitro benzene ring substituents is 1. The van der Waals surface area contributed by atoms with Crippen molar-refractivity contribution in [2.24, 2.45) is 0 Å². The molecule has 3 rings (SSSR count). The molecule has 0 aliphatic carbocycles. The Kier molecular flexibility index (Phi) is 6.56. The van der Waals surface area contributed by atoms with Gasteiger partial charge in [0.1, 0.15) is 5.70 Å². The molecule has 0 spiro atoms. The smallest absolute Gasteiger partial charge is 0.272 e. The molecular weight excluding hydrogens is 406 g/mol. The van der Waals surface area contributed by atoms with E-state index < -0.39 is 16.7 Å². The van der Waals surface area contributed by atoms with E-state index in [1.807, 2.05) is 0 Å². The van der Waals surface area contributed by atoms with E-state index in [-0.39, 0.29) is 22.0 Å². The van der Waals surface area contributed by atoms with E-state index in [2.05, 4.69) is 10.6 Å². The predicted octanol–water partition coefficient (Wildman–Crippen LogP) is 4.66. The number of halogens is 1. The van der Waals surface area contributed by atoms with E-state index in [0.717, 1.165) is 0 Å². The minimum absolute atomic E-state index is 0.0933. The van der Waals surface area contributed by atoms with Gasteiger partial charge in [-0.3, -0.25) is 19.7 Å². The molecule has 150 valence electrons. The lowest BCUT2D eigenvalue weighted by Crippen LogP contribution is -2.30. The summed E-state index contributed by atoms with van der Waals surface area (Å²) in [6.07, 6.45) is 1.36. The SMILES string of the molecule is O=C(Nc1ccccc1)/C(=C/c1cccc([N+](=O)[O-])c1)NC(=O)c1ccccc1Cl. The molecule has 0 unspecified atom stereocenters. The van der Waals surface area contributed by atoms with Gasteiger partial charge >= 0.3 is 0 Å². The Bertz CT molecular complexity index is 1130. The maximum absolute atomic E-state index is 12.8. The molecule has 0 aliphatic heterocycles. The Hall–Kier alpha value is -3.97. The first-order chi connectivity index (χ1) is 14.4. The number of amides is 2. The van der Waals surface area contributed by atoms with Crippen LogP contribution in [0.1, 0.15) is 15.9 Å². The Morgan fingerprint density at radius 1 is 0.933 bits per heavy atom. The zero-order valence-corrected chi connectivity index (χ0v) is 16.3. The average molecular weight is 422 g/mol. The van der Waals surface area contributed by atoms with Gasteiger partial charge in [-0.15, -0.1) is 0 Å². The number of hydrogen-bond acceptors (Lipinski definition) is 4. The lowest BCUT2D eigenvalue weighted by Gasteiger charge is -2.12. The maximum Gasteiger partial charge on any atom is 0.272 e. The number of nitrogens with one attached hydrogen (secondary N) is 2. The number of nitro groups is 1. The number of carbonyl (C=O) groups is 2. The standard InChI is InChI=1S/C22H16ClN3O4/c23-19-12-5-4-11-18(19)21(27)25-20(22(28)24-16-8-2-1-3-9-16)14-15-7-6-10-17(13-15)26(29)30/h1-14H,(H,24,28)(H,25,27)/b20-14-. The Labute approximate surface area is 177 Å². The van der Waals surface area contributed by atoms with Gasteiger partial charge in [0.2, 0.25) is 0 Å². The number of rotatable bonds is 6. The molecule has 0 heterocycles. The zero-order valence-electron chi connectivity index (χ0n) is 15.5. The highest BCUT2D eigenvalue weighted by atomic mass is 35.5. The van der Waals surface area contributed by atoms with Gasteiger partial charge in [-0.2, -0.15) is 0 Å². The summed E-state index contributed by atoms with van der Waals surface area (Å²) in [7, 11) is 0. The van der Waals surface area contributed by atoms with Gasteiger partial charge in [-0.1, -0.05) is 54.1 Å². The summed E-state index contributed by atoms with van der Waals surface area (Å²) < 4.78 is 0. The van der Waals surface area contributed by atoms with Crippen LogP contribution in [0.25, 0.3) is 6.08 Å². The van der Waals surface area contributed by atoms with Crippen molar-refractivity contribution < 1.29 is 14.5 Å². The van der Waals surface area contributed by atoms with Crippen molar-refractivity contribution in [1.29, 1.82) is 0 Å². The van der Waals surface area contributed by atoms with E-state index in [4.69, 9.17) is 11.6 Å². The fourth-order valence-electron chi connectivity index (χ4n) is 2.61. The van der Waals surface area contributed by atoms with Crippen LogP contribution in [0.2, 0.25) is 5.02 Å². The monoisotopic (exact) mass is 421 g/mol. The zero-order chi connectivity index (χ0) is 21.5. The van der Waals surface area contributed by atoms with Crippen molar-refractivity contribution in [2.45, 2.75) is 0 Å². The van der Waals surface area contributed by atoms with Crippen molar-refractivity contribution in [3.8, 4) is 0 Å². The highest BCUT2D eigenvalue weighted by Gasteiger charge is 2.17. The molecule has 3 aromatic carbocycles. The van der Waals surface area contributed by atoms with Crippen molar-refractivity contribution in [3.63, 3.8) is 0 Å². The predicted molar refractivity (Wildman–Crippen MR) is 115 cm³/mol. The fraction of sp³-hybridized carbons (Fsp3) is 0. The van der Waals surface area contributed by atoms with E-state index >= 15 is 0 Å². The van der Waals surface area contributed by atoms with Crippen LogP contribution in [0.4, 0.5) is 11.4 Å². The molecule has 0 saturated carbocycles. The van der Waals surface area contributed by atoms with Gasteiger partial charge < -0.3 is 10.6 Å². The molecule has 0 radical (unpaired) electrons. The van der Waals surface area contributed by atoms with Crippen LogP contribution < -0.4 is 10.6 Å². The third kappa shape index (κ3) is 5.30. The summed E-state index contributed by atoms with van der Waals surface area (Å²) >= 11 is 6.07. The van der Waals surface area contributed by atoms with Gasteiger partial charge in [0.05, 0.1) is 15.5 Å². The van der Waals surface area contributed by atoms with Gasteiger partial charge in [0.25, 0.3) is 17.5 Å². The summed E-state index contributed by atoms with van der Waals surface area (Å²) in [6.45, 7) is 0. The Balaban J connectivity index is 1.94. The first-order valence-electron chi connectivity index (χ1n) is 8.82. The first kappa shape index (κ1) is 20.8. The topological polar surface area (TPSA) is 101 Å². The van der Waals surface area contributed by atoms with Crippen LogP contribution in [0.3, 0.4) is 0 Å². The average Bonchev–Trinajstić information content (AvgIpc) is 2.74. The third-order valence-corrected chi connectivity index (χ3v) is 4.36. The summed E-state index contributed by atoms with van der Waals surface area (Å²) in [5, 5.41) is 16.5. The number of hydrogen-bond donors (Lipinski definition) is 2. The molecule has 0 atom stereocenters. The van der Waals surface area contributed by atoms with Crippen LogP contribution in [0.5, 0.6) is 0 Å².